The van der Waals surface area contributed by atoms with E-state index in [4.69, 9.17) is 0 Å². The minimum Gasteiger partial charge on any atom is -0.369 e. The molecule has 0 spiro atoms. The highest BCUT2D eigenvalue weighted by Crippen LogP contribution is 2.19. The highest BCUT2D eigenvalue weighted by molar-refractivity contribution is 7.88. The Morgan fingerprint density at radius 3 is 2.25 bits per heavy atom. The average Bonchev–Trinajstić information content (AvgIpc) is 2.33. The summed E-state index contributed by atoms with van der Waals surface area (Å²) in [5.41, 5.74) is 0.988. The Morgan fingerprint density at radius 1 is 1.10 bits per heavy atom. The third-order valence-electron chi connectivity index (χ3n) is 2.67. The monoisotopic (exact) mass is 300 g/mol. The molecule has 7 heteroatoms. The lowest BCUT2D eigenvalue weighted by Crippen LogP contribution is -2.28. The molecule has 114 valence electrons. The van der Waals surface area contributed by atoms with E-state index in [1.807, 2.05) is 6.07 Å². The first-order valence-corrected chi connectivity index (χ1v) is 8.65. The smallest absolute Gasteiger partial charge is 0.208 e. The summed E-state index contributed by atoms with van der Waals surface area (Å²) in [4.78, 5) is 8.99. The van der Waals surface area contributed by atoms with Crippen molar-refractivity contribution in [2.24, 2.45) is 0 Å². The lowest BCUT2D eigenvalue weighted by atomic mass is 10.1. The molecule has 20 heavy (non-hydrogen) atoms. The van der Waals surface area contributed by atoms with Gasteiger partial charge in [-0.3, -0.25) is 0 Å². The molecule has 0 radical (unpaired) electrons. The molecule has 0 aliphatic heterocycles. The summed E-state index contributed by atoms with van der Waals surface area (Å²) in [5.74, 6) is 2.12. The number of nitrogens with one attached hydrogen (secondary N) is 2. The fourth-order valence-corrected chi connectivity index (χ4v) is 2.03. The van der Waals surface area contributed by atoms with Crippen molar-refractivity contribution in [3.8, 4) is 0 Å². The van der Waals surface area contributed by atoms with E-state index in [1.165, 1.54) is 0 Å². The van der Waals surface area contributed by atoms with Crippen LogP contribution >= 0.6 is 0 Å². The molecule has 0 aliphatic rings. The fraction of sp³-hybridized carbons (Fsp3) is 0.692. The molecule has 0 unspecified atom stereocenters. The van der Waals surface area contributed by atoms with E-state index in [-0.39, 0.29) is 5.92 Å². The zero-order valence-electron chi connectivity index (χ0n) is 12.8. The van der Waals surface area contributed by atoms with Crippen LogP contribution in [0.1, 0.15) is 51.0 Å². The number of hydrogen-bond donors (Lipinski definition) is 2. The summed E-state index contributed by atoms with van der Waals surface area (Å²) < 4.78 is 24.4. The quantitative estimate of drug-likeness (QED) is 0.749. The van der Waals surface area contributed by atoms with Crippen molar-refractivity contribution >= 4 is 15.8 Å². The molecule has 6 nitrogen and oxygen atoms in total. The van der Waals surface area contributed by atoms with Gasteiger partial charge in [-0.05, 0) is 5.92 Å². The van der Waals surface area contributed by atoms with E-state index in [1.54, 1.807) is 0 Å². The first-order chi connectivity index (χ1) is 9.19. The molecule has 1 aromatic rings. The van der Waals surface area contributed by atoms with Crippen LogP contribution in [0, 0.1) is 0 Å². The molecule has 0 saturated heterocycles. The zero-order valence-corrected chi connectivity index (χ0v) is 13.6. The second kappa shape index (κ2) is 6.99. The third kappa shape index (κ3) is 5.83. The Morgan fingerprint density at radius 2 is 1.75 bits per heavy atom. The minimum absolute atomic E-state index is 0.253. The first kappa shape index (κ1) is 16.8. The molecule has 0 saturated carbocycles. The van der Waals surface area contributed by atoms with Crippen molar-refractivity contribution in [2.45, 2.75) is 39.5 Å². The maximum absolute atomic E-state index is 11.0. The van der Waals surface area contributed by atoms with E-state index >= 15 is 0 Å². The van der Waals surface area contributed by atoms with Crippen molar-refractivity contribution in [1.82, 2.24) is 14.7 Å². The van der Waals surface area contributed by atoms with Crippen LogP contribution in [0.3, 0.4) is 0 Å². The number of hydrogen-bond acceptors (Lipinski definition) is 5. The van der Waals surface area contributed by atoms with Crippen LogP contribution in [0.25, 0.3) is 0 Å². The lowest BCUT2D eigenvalue weighted by Gasteiger charge is -2.13. The maximum atomic E-state index is 11.0. The largest absolute Gasteiger partial charge is 0.369 e. The second-order valence-corrected chi connectivity index (χ2v) is 7.27. The van der Waals surface area contributed by atoms with Crippen molar-refractivity contribution < 1.29 is 8.42 Å². The molecule has 0 fully saturated rings. The van der Waals surface area contributed by atoms with Crippen LogP contribution in [0.15, 0.2) is 6.07 Å². The molecule has 0 aliphatic carbocycles. The van der Waals surface area contributed by atoms with Crippen molar-refractivity contribution in [3.63, 3.8) is 0 Å². The van der Waals surface area contributed by atoms with Gasteiger partial charge in [0.05, 0.1) is 6.26 Å². The van der Waals surface area contributed by atoms with E-state index in [0.29, 0.717) is 19.0 Å². The maximum Gasteiger partial charge on any atom is 0.208 e. The van der Waals surface area contributed by atoms with Gasteiger partial charge in [-0.1, -0.05) is 27.7 Å². The number of nitrogens with zero attached hydrogens (tertiary/aromatic N) is 2. The van der Waals surface area contributed by atoms with E-state index in [0.717, 1.165) is 23.6 Å². The second-order valence-electron chi connectivity index (χ2n) is 5.44. The first-order valence-electron chi connectivity index (χ1n) is 6.76. The summed E-state index contributed by atoms with van der Waals surface area (Å²) in [6, 6.07) is 1.91. The molecule has 1 rings (SSSR count). The standard InChI is InChI=1S/C13H24N4O2S/c1-9(2)11-8-12(17-13(16-11)10(3)4)14-6-7-15-20(5,18)19/h8-10,15H,6-7H2,1-5H3,(H,14,16,17). The van der Waals surface area contributed by atoms with Gasteiger partial charge in [0, 0.05) is 30.8 Å². The van der Waals surface area contributed by atoms with Gasteiger partial charge in [-0.15, -0.1) is 0 Å². The third-order valence-corrected chi connectivity index (χ3v) is 3.40. The molecule has 0 amide bonds. The number of rotatable bonds is 7. The van der Waals surface area contributed by atoms with Gasteiger partial charge in [0.25, 0.3) is 0 Å². The average molecular weight is 300 g/mol. The Balaban J connectivity index is 2.74. The topological polar surface area (TPSA) is 84.0 Å². The molecule has 2 N–H and O–H groups in total. The van der Waals surface area contributed by atoms with E-state index in [2.05, 4.69) is 47.7 Å². The Bertz CT molecular complexity index is 515. The van der Waals surface area contributed by atoms with Crippen molar-refractivity contribution in [1.29, 1.82) is 0 Å². The van der Waals surface area contributed by atoms with Crippen LogP contribution in [-0.4, -0.2) is 37.7 Å². The Kier molecular flexibility index (Phi) is 5.88. The number of aromatic nitrogens is 2. The highest BCUT2D eigenvalue weighted by Gasteiger charge is 2.10. The molecule has 0 bridgehead atoms. The van der Waals surface area contributed by atoms with Gasteiger partial charge in [0.1, 0.15) is 11.6 Å². The Hall–Kier alpha value is -1.21. The predicted octanol–water partition coefficient (Wildman–Crippen LogP) is 1.68. The minimum atomic E-state index is -3.14. The Labute approximate surface area is 121 Å². The summed E-state index contributed by atoms with van der Waals surface area (Å²) in [5, 5.41) is 3.13. The van der Waals surface area contributed by atoms with Crippen LogP contribution in [0.5, 0.6) is 0 Å². The number of sulfonamides is 1. The molecular formula is C13H24N4O2S. The van der Waals surface area contributed by atoms with Gasteiger partial charge >= 0.3 is 0 Å². The fourth-order valence-electron chi connectivity index (χ4n) is 1.56. The van der Waals surface area contributed by atoms with Crippen LogP contribution < -0.4 is 10.0 Å². The predicted molar refractivity (Wildman–Crippen MR) is 81.5 cm³/mol. The molecule has 0 aromatic carbocycles. The van der Waals surface area contributed by atoms with Crippen LogP contribution in [-0.2, 0) is 10.0 Å². The molecule has 0 atom stereocenters. The van der Waals surface area contributed by atoms with Gasteiger partial charge < -0.3 is 5.32 Å². The SMILES string of the molecule is CC(C)c1cc(NCCNS(C)(=O)=O)nc(C(C)C)n1. The van der Waals surface area contributed by atoms with Gasteiger partial charge in [-0.25, -0.2) is 23.1 Å². The van der Waals surface area contributed by atoms with Crippen LogP contribution in [0.2, 0.25) is 0 Å². The van der Waals surface area contributed by atoms with Crippen molar-refractivity contribution in [3.05, 3.63) is 17.6 Å². The van der Waals surface area contributed by atoms with Gasteiger partial charge in [0.15, 0.2) is 0 Å². The molecule has 1 heterocycles. The normalized spacial score (nSPS) is 12.2. The van der Waals surface area contributed by atoms with Gasteiger partial charge in [-0.2, -0.15) is 0 Å². The summed E-state index contributed by atoms with van der Waals surface area (Å²) in [7, 11) is -3.14. The van der Waals surface area contributed by atoms with Crippen LogP contribution in [0.4, 0.5) is 5.82 Å². The number of anilines is 1. The molecule has 1 aromatic heterocycles. The van der Waals surface area contributed by atoms with E-state index < -0.39 is 10.0 Å². The van der Waals surface area contributed by atoms with E-state index in [9.17, 15) is 8.42 Å². The summed E-state index contributed by atoms with van der Waals surface area (Å²) in [6.45, 7) is 9.09. The highest BCUT2D eigenvalue weighted by atomic mass is 32.2. The van der Waals surface area contributed by atoms with Gasteiger partial charge in [0.2, 0.25) is 10.0 Å². The lowest BCUT2D eigenvalue weighted by molar-refractivity contribution is 0.589. The molecular weight excluding hydrogens is 276 g/mol. The zero-order chi connectivity index (χ0) is 15.3. The van der Waals surface area contributed by atoms with Crippen molar-refractivity contribution in [2.75, 3.05) is 24.7 Å². The summed E-state index contributed by atoms with van der Waals surface area (Å²) in [6.07, 6.45) is 1.14. The summed E-state index contributed by atoms with van der Waals surface area (Å²) >= 11 is 0.